The highest BCUT2D eigenvalue weighted by molar-refractivity contribution is 5.79. The molecule has 0 aromatic rings. The van der Waals surface area contributed by atoms with Crippen LogP contribution in [0.5, 0.6) is 0 Å². The lowest BCUT2D eigenvalue weighted by molar-refractivity contribution is -0.149. The van der Waals surface area contributed by atoms with Crippen molar-refractivity contribution < 1.29 is 24.2 Å². The van der Waals surface area contributed by atoms with Crippen LogP contribution < -0.4 is 0 Å². The predicted octanol–water partition coefficient (Wildman–Crippen LogP) is 0.485. The Morgan fingerprint density at radius 3 is 3.00 bits per heavy atom. The number of amides is 1. The minimum Gasteiger partial charge on any atom is -0.481 e. The van der Waals surface area contributed by atoms with Crippen molar-refractivity contribution in [1.82, 2.24) is 4.90 Å². The first kappa shape index (κ1) is 11.9. The van der Waals surface area contributed by atoms with Crippen molar-refractivity contribution in [3.8, 4) is 0 Å². The van der Waals surface area contributed by atoms with Gasteiger partial charge in [-0.1, -0.05) is 12.7 Å². The second kappa shape index (κ2) is 4.37. The van der Waals surface area contributed by atoms with Gasteiger partial charge in [-0.2, -0.15) is 0 Å². The fourth-order valence-electron chi connectivity index (χ4n) is 2.39. The van der Waals surface area contributed by atoms with Gasteiger partial charge in [-0.05, 0) is 6.42 Å². The molecule has 0 saturated carbocycles. The number of aliphatic carboxylic acids is 1. The van der Waals surface area contributed by atoms with E-state index in [2.05, 4.69) is 6.58 Å². The van der Waals surface area contributed by atoms with Gasteiger partial charge in [0, 0.05) is 13.2 Å². The normalized spacial score (nSPS) is 31.1. The fourth-order valence-corrected chi connectivity index (χ4v) is 2.39. The largest absolute Gasteiger partial charge is 0.481 e. The number of nitrogens with zero attached hydrogens (tertiary/aromatic N) is 1. The van der Waals surface area contributed by atoms with Crippen molar-refractivity contribution >= 4 is 12.1 Å². The summed E-state index contributed by atoms with van der Waals surface area (Å²) in [5, 5.41) is 9.27. The monoisotopic (exact) mass is 241 g/mol. The number of carboxylic acids is 1. The second-order valence-electron chi connectivity index (χ2n) is 4.32. The van der Waals surface area contributed by atoms with Crippen molar-refractivity contribution in [3.05, 3.63) is 12.7 Å². The number of rotatable bonds is 3. The van der Waals surface area contributed by atoms with E-state index in [-0.39, 0.29) is 19.7 Å². The van der Waals surface area contributed by atoms with Crippen LogP contribution in [0.2, 0.25) is 0 Å². The van der Waals surface area contributed by atoms with E-state index in [4.69, 9.17) is 9.47 Å². The minimum absolute atomic E-state index is 0.126. The summed E-state index contributed by atoms with van der Waals surface area (Å²) in [4.78, 5) is 24.3. The summed E-state index contributed by atoms with van der Waals surface area (Å²) in [5.41, 5.74) is -0.951. The molecule has 2 aliphatic rings. The molecule has 6 nitrogen and oxygen atoms in total. The quantitative estimate of drug-likeness (QED) is 0.727. The maximum Gasteiger partial charge on any atom is 0.410 e. The highest BCUT2D eigenvalue weighted by Crippen LogP contribution is 2.41. The Hall–Kier alpha value is -1.56. The van der Waals surface area contributed by atoms with Crippen LogP contribution in [0.3, 0.4) is 0 Å². The molecule has 2 rings (SSSR count). The fraction of sp³-hybridized carbons (Fsp3) is 0.636. The lowest BCUT2D eigenvalue weighted by Crippen LogP contribution is -2.39. The van der Waals surface area contributed by atoms with E-state index in [1.807, 2.05) is 0 Å². The summed E-state index contributed by atoms with van der Waals surface area (Å²) in [7, 11) is 0. The Morgan fingerprint density at radius 1 is 1.65 bits per heavy atom. The lowest BCUT2D eigenvalue weighted by atomic mass is 9.84. The highest BCUT2D eigenvalue weighted by atomic mass is 16.6. The Morgan fingerprint density at radius 2 is 2.41 bits per heavy atom. The lowest BCUT2D eigenvalue weighted by Gasteiger charge is -2.21. The number of ether oxygens (including phenoxy) is 2. The molecule has 0 aromatic heterocycles. The van der Waals surface area contributed by atoms with E-state index in [0.29, 0.717) is 13.0 Å². The van der Waals surface area contributed by atoms with Gasteiger partial charge in [0.1, 0.15) is 12.0 Å². The second-order valence-corrected chi connectivity index (χ2v) is 4.32. The van der Waals surface area contributed by atoms with E-state index in [1.165, 1.54) is 11.0 Å². The molecule has 17 heavy (non-hydrogen) atoms. The number of hydrogen-bond acceptors (Lipinski definition) is 4. The number of carboxylic acid groups (broad SMARTS) is 1. The summed E-state index contributed by atoms with van der Waals surface area (Å²) in [5.74, 6) is -0.904. The molecule has 2 aliphatic heterocycles. The first-order chi connectivity index (χ1) is 8.10. The van der Waals surface area contributed by atoms with Crippen LogP contribution in [-0.2, 0) is 14.3 Å². The van der Waals surface area contributed by atoms with Crippen LogP contribution in [-0.4, -0.2) is 54.5 Å². The van der Waals surface area contributed by atoms with E-state index in [1.54, 1.807) is 0 Å². The zero-order chi connectivity index (χ0) is 12.5. The molecule has 2 atom stereocenters. The van der Waals surface area contributed by atoms with E-state index in [9.17, 15) is 14.7 Å². The molecule has 0 bridgehead atoms. The number of carbonyl (C=O) groups excluding carboxylic acids is 1. The average Bonchev–Trinajstić information content (AvgIpc) is 2.82. The minimum atomic E-state index is -0.951. The molecule has 1 amide bonds. The third-order valence-corrected chi connectivity index (χ3v) is 3.35. The Balaban J connectivity index is 2.05. The molecular weight excluding hydrogens is 226 g/mol. The summed E-state index contributed by atoms with van der Waals surface area (Å²) in [6, 6.07) is 0. The molecule has 0 spiro atoms. The van der Waals surface area contributed by atoms with Gasteiger partial charge in [-0.3, -0.25) is 4.79 Å². The number of fused-ring (bicyclic) bond motifs is 1. The Kier molecular flexibility index (Phi) is 3.06. The number of likely N-dealkylation sites (tertiary alicyclic amines) is 1. The third kappa shape index (κ3) is 1.88. The van der Waals surface area contributed by atoms with E-state index >= 15 is 0 Å². The van der Waals surface area contributed by atoms with Crippen molar-refractivity contribution in [2.75, 3.05) is 26.3 Å². The predicted molar refractivity (Wildman–Crippen MR) is 57.5 cm³/mol. The Labute approximate surface area is 98.8 Å². The zero-order valence-electron chi connectivity index (χ0n) is 9.42. The van der Waals surface area contributed by atoms with E-state index < -0.39 is 23.6 Å². The smallest absolute Gasteiger partial charge is 0.410 e. The van der Waals surface area contributed by atoms with Gasteiger partial charge in [0.05, 0.1) is 12.6 Å². The first-order valence-corrected chi connectivity index (χ1v) is 5.48. The van der Waals surface area contributed by atoms with Crippen molar-refractivity contribution in [2.24, 2.45) is 5.41 Å². The standard InChI is InChI=1S/C11H15NO5/c1-2-4-17-10(15)12-6-8-11(7-12,9(13)14)3-5-16-8/h2,8H,1,3-7H2,(H,13,14)/t8-,11-/m0/s1. The highest BCUT2D eigenvalue weighted by Gasteiger charge is 2.57. The van der Waals surface area contributed by atoms with Crippen molar-refractivity contribution in [2.45, 2.75) is 12.5 Å². The molecule has 6 heteroatoms. The SMILES string of the molecule is C=CCOC(=O)N1C[C@@H]2OCC[C@]2(C(=O)O)C1. The summed E-state index contributed by atoms with van der Waals surface area (Å²) >= 11 is 0. The Bertz CT molecular complexity index is 356. The molecule has 94 valence electrons. The maximum absolute atomic E-state index is 11.6. The van der Waals surface area contributed by atoms with Crippen LogP contribution in [0.15, 0.2) is 12.7 Å². The molecule has 0 unspecified atom stereocenters. The van der Waals surface area contributed by atoms with E-state index in [0.717, 1.165) is 0 Å². The van der Waals surface area contributed by atoms with Gasteiger partial charge < -0.3 is 19.5 Å². The van der Waals surface area contributed by atoms with Crippen LogP contribution in [0.25, 0.3) is 0 Å². The van der Waals surface area contributed by atoms with Gasteiger partial charge in [-0.25, -0.2) is 4.79 Å². The van der Waals surface area contributed by atoms with Gasteiger partial charge in [-0.15, -0.1) is 0 Å². The summed E-state index contributed by atoms with van der Waals surface area (Å²) in [6.07, 6.45) is 0.982. The summed E-state index contributed by atoms with van der Waals surface area (Å²) < 4.78 is 10.3. The first-order valence-electron chi connectivity index (χ1n) is 5.48. The topological polar surface area (TPSA) is 76.1 Å². The third-order valence-electron chi connectivity index (χ3n) is 3.35. The molecule has 2 heterocycles. The maximum atomic E-state index is 11.6. The van der Waals surface area contributed by atoms with Crippen LogP contribution in [0.1, 0.15) is 6.42 Å². The van der Waals surface area contributed by atoms with Crippen molar-refractivity contribution in [1.29, 1.82) is 0 Å². The molecule has 0 radical (unpaired) electrons. The van der Waals surface area contributed by atoms with Gasteiger partial charge in [0.2, 0.25) is 0 Å². The average molecular weight is 241 g/mol. The van der Waals surface area contributed by atoms with Crippen LogP contribution >= 0.6 is 0 Å². The molecule has 2 saturated heterocycles. The number of carbonyl (C=O) groups is 2. The van der Waals surface area contributed by atoms with Gasteiger partial charge >= 0.3 is 12.1 Å². The molecule has 2 fully saturated rings. The molecule has 0 aliphatic carbocycles. The van der Waals surface area contributed by atoms with Crippen LogP contribution in [0.4, 0.5) is 4.79 Å². The van der Waals surface area contributed by atoms with Crippen molar-refractivity contribution in [3.63, 3.8) is 0 Å². The molecular formula is C11H15NO5. The van der Waals surface area contributed by atoms with Gasteiger partial charge in [0.15, 0.2) is 0 Å². The summed E-state index contributed by atoms with van der Waals surface area (Å²) in [6.45, 7) is 4.44. The zero-order valence-corrected chi connectivity index (χ0v) is 9.42. The number of hydrogen-bond donors (Lipinski definition) is 1. The van der Waals surface area contributed by atoms with Crippen LogP contribution in [0, 0.1) is 5.41 Å². The molecule has 1 N–H and O–H groups in total. The van der Waals surface area contributed by atoms with Gasteiger partial charge in [0.25, 0.3) is 0 Å². The molecule has 0 aromatic carbocycles.